The molecule has 1 saturated heterocycles. The first-order chi connectivity index (χ1) is 8.79. The fraction of sp³-hybridized carbons (Fsp3) is 0.538. The van der Waals surface area contributed by atoms with Gasteiger partial charge in [-0.1, -0.05) is 0 Å². The maximum Gasteiger partial charge on any atom is 0.317 e. The minimum atomic E-state index is 0.454. The second-order valence-corrected chi connectivity index (χ2v) is 4.79. The summed E-state index contributed by atoms with van der Waals surface area (Å²) in [6.45, 7) is 4.15. The first kappa shape index (κ1) is 11.5. The van der Waals surface area contributed by atoms with Crippen LogP contribution in [0.2, 0.25) is 0 Å². The van der Waals surface area contributed by atoms with Gasteiger partial charge in [0.1, 0.15) is 0 Å². The van der Waals surface area contributed by atoms with Crippen LogP contribution in [0.5, 0.6) is 6.01 Å². The second-order valence-electron chi connectivity index (χ2n) is 4.79. The van der Waals surface area contributed by atoms with Gasteiger partial charge in [-0.2, -0.15) is 9.97 Å². The molecule has 2 aromatic rings. The number of aryl methyl sites for hydroxylation is 1. The number of aromatic amines is 1. The van der Waals surface area contributed by atoms with Gasteiger partial charge >= 0.3 is 6.01 Å². The fourth-order valence-corrected chi connectivity index (χ4v) is 2.68. The normalized spacial score (nSPS) is 17.2. The van der Waals surface area contributed by atoms with Gasteiger partial charge in [0, 0.05) is 6.20 Å². The van der Waals surface area contributed by atoms with Crippen molar-refractivity contribution in [2.45, 2.75) is 25.7 Å². The molecule has 0 unspecified atom stereocenters. The van der Waals surface area contributed by atoms with Crippen LogP contribution in [0.3, 0.4) is 0 Å². The number of piperidine rings is 1. The van der Waals surface area contributed by atoms with Crippen LogP contribution in [0, 0.1) is 6.92 Å². The zero-order chi connectivity index (χ0) is 12.5. The Morgan fingerprint density at radius 2 is 2.06 bits per heavy atom. The van der Waals surface area contributed by atoms with Crippen molar-refractivity contribution in [3.8, 4) is 6.01 Å². The van der Waals surface area contributed by atoms with E-state index in [1.165, 1.54) is 5.56 Å². The van der Waals surface area contributed by atoms with Crippen molar-refractivity contribution in [2.75, 3.05) is 20.2 Å². The molecule has 3 rings (SSSR count). The van der Waals surface area contributed by atoms with Gasteiger partial charge in [0.15, 0.2) is 0 Å². The first-order valence-electron chi connectivity index (χ1n) is 6.40. The minimum Gasteiger partial charge on any atom is -0.467 e. The maximum atomic E-state index is 5.17. The smallest absolute Gasteiger partial charge is 0.317 e. The SMILES string of the molecule is COc1nc(C)c2[nH]cc(C3CCNCC3)c2n1. The molecule has 2 aromatic heterocycles. The topological polar surface area (TPSA) is 62.8 Å². The Morgan fingerprint density at radius 1 is 1.28 bits per heavy atom. The summed E-state index contributed by atoms with van der Waals surface area (Å²) in [5.41, 5.74) is 4.29. The number of nitrogens with one attached hydrogen (secondary N) is 2. The predicted octanol–water partition coefficient (Wildman–Crippen LogP) is 1.74. The van der Waals surface area contributed by atoms with Crippen molar-refractivity contribution in [1.29, 1.82) is 0 Å². The summed E-state index contributed by atoms with van der Waals surface area (Å²) in [4.78, 5) is 12.1. The van der Waals surface area contributed by atoms with Crippen LogP contribution < -0.4 is 10.1 Å². The van der Waals surface area contributed by atoms with Gasteiger partial charge in [0.25, 0.3) is 0 Å². The van der Waals surface area contributed by atoms with E-state index in [1.54, 1.807) is 7.11 Å². The number of H-pyrrole nitrogens is 1. The lowest BCUT2D eigenvalue weighted by atomic mass is 9.91. The molecule has 96 valence electrons. The van der Waals surface area contributed by atoms with Crippen LogP contribution in [-0.2, 0) is 0 Å². The summed E-state index contributed by atoms with van der Waals surface area (Å²) in [5.74, 6) is 0.582. The highest BCUT2D eigenvalue weighted by Crippen LogP contribution is 2.31. The molecule has 0 aliphatic carbocycles. The highest BCUT2D eigenvalue weighted by atomic mass is 16.5. The fourth-order valence-electron chi connectivity index (χ4n) is 2.68. The van der Waals surface area contributed by atoms with Crippen LogP contribution in [-0.4, -0.2) is 35.2 Å². The molecule has 0 amide bonds. The van der Waals surface area contributed by atoms with Gasteiger partial charge in [0.2, 0.25) is 0 Å². The number of hydrogen-bond acceptors (Lipinski definition) is 4. The molecule has 0 saturated carbocycles. The zero-order valence-corrected chi connectivity index (χ0v) is 10.8. The highest BCUT2D eigenvalue weighted by Gasteiger charge is 2.20. The minimum absolute atomic E-state index is 0.454. The van der Waals surface area contributed by atoms with Crippen LogP contribution >= 0.6 is 0 Å². The molecule has 0 spiro atoms. The number of aromatic nitrogens is 3. The van der Waals surface area contributed by atoms with E-state index in [-0.39, 0.29) is 0 Å². The van der Waals surface area contributed by atoms with Crippen molar-refractivity contribution in [2.24, 2.45) is 0 Å². The molecule has 0 radical (unpaired) electrons. The highest BCUT2D eigenvalue weighted by molar-refractivity contribution is 5.81. The van der Waals surface area contributed by atoms with E-state index >= 15 is 0 Å². The Balaban J connectivity index is 2.09. The quantitative estimate of drug-likeness (QED) is 0.847. The van der Waals surface area contributed by atoms with Crippen molar-refractivity contribution in [3.63, 3.8) is 0 Å². The Kier molecular flexibility index (Phi) is 2.91. The maximum absolute atomic E-state index is 5.17. The number of hydrogen-bond donors (Lipinski definition) is 2. The lowest BCUT2D eigenvalue weighted by molar-refractivity contribution is 0.380. The van der Waals surface area contributed by atoms with E-state index in [0.29, 0.717) is 11.9 Å². The Morgan fingerprint density at radius 3 is 2.78 bits per heavy atom. The van der Waals surface area contributed by atoms with E-state index in [4.69, 9.17) is 4.74 Å². The van der Waals surface area contributed by atoms with E-state index in [0.717, 1.165) is 42.7 Å². The third-order valence-electron chi connectivity index (χ3n) is 3.68. The average molecular weight is 246 g/mol. The van der Waals surface area contributed by atoms with Gasteiger partial charge in [0.05, 0.1) is 23.8 Å². The van der Waals surface area contributed by atoms with Crippen molar-refractivity contribution < 1.29 is 4.74 Å². The lowest BCUT2D eigenvalue weighted by Gasteiger charge is -2.21. The van der Waals surface area contributed by atoms with Gasteiger partial charge in [-0.15, -0.1) is 0 Å². The molecule has 0 atom stereocenters. The number of methoxy groups -OCH3 is 1. The molecule has 5 heteroatoms. The molecule has 0 bridgehead atoms. The van der Waals surface area contributed by atoms with Gasteiger partial charge in [-0.05, 0) is 44.3 Å². The van der Waals surface area contributed by atoms with Gasteiger partial charge < -0.3 is 15.0 Å². The molecule has 2 N–H and O–H groups in total. The van der Waals surface area contributed by atoms with Crippen LogP contribution in [0.4, 0.5) is 0 Å². The van der Waals surface area contributed by atoms with E-state index < -0.39 is 0 Å². The summed E-state index contributed by atoms with van der Waals surface area (Å²) >= 11 is 0. The van der Waals surface area contributed by atoms with Crippen LogP contribution in [0.25, 0.3) is 11.0 Å². The monoisotopic (exact) mass is 246 g/mol. The number of nitrogens with zero attached hydrogens (tertiary/aromatic N) is 2. The summed E-state index contributed by atoms with van der Waals surface area (Å²) in [6.07, 6.45) is 4.42. The zero-order valence-electron chi connectivity index (χ0n) is 10.8. The van der Waals surface area contributed by atoms with Crippen LogP contribution in [0.1, 0.15) is 30.0 Å². The first-order valence-corrected chi connectivity index (χ1v) is 6.40. The molecule has 3 heterocycles. The third-order valence-corrected chi connectivity index (χ3v) is 3.68. The number of ether oxygens (including phenoxy) is 1. The Bertz CT molecular complexity index is 557. The molecular formula is C13H18N4O. The second kappa shape index (κ2) is 4.57. The molecular weight excluding hydrogens is 228 g/mol. The van der Waals surface area contributed by atoms with E-state index in [9.17, 15) is 0 Å². The largest absolute Gasteiger partial charge is 0.467 e. The van der Waals surface area contributed by atoms with Gasteiger partial charge in [-0.3, -0.25) is 0 Å². The molecule has 0 aromatic carbocycles. The average Bonchev–Trinajstić information content (AvgIpc) is 2.84. The third kappa shape index (κ3) is 1.84. The van der Waals surface area contributed by atoms with Gasteiger partial charge in [-0.25, -0.2) is 0 Å². The summed E-state index contributed by atoms with van der Waals surface area (Å²) < 4.78 is 5.17. The van der Waals surface area contributed by atoms with Crippen LogP contribution in [0.15, 0.2) is 6.20 Å². The number of fused-ring (bicyclic) bond motifs is 1. The summed E-state index contributed by atoms with van der Waals surface area (Å²) in [5, 5.41) is 3.39. The Labute approximate surface area is 106 Å². The number of rotatable bonds is 2. The Hall–Kier alpha value is -1.62. The van der Waals surface area contributed by atoms with Crippen molar-refractivity contribution >= 4 is 11.0 Å². The molecule has 18 heavy (non-hydrogen) atoms. The van der Waals surface area contributed by atoms with E-state index in [1.807, 2.05) is 6.92 Å². The molecule has 1 aliphatic heterocycles. The molecule has 5 nitrogen and oxygen atoms in total. The summed E-state index contributed by atoms with van der Waals surface area (Å²) in [7, 11) is 1.61. The molecule has 1 aliphatic rings. The predicted molar refractivity (Wildman–Crippen MR) is 70.0 cm³/mol. The summed E-state index contributed by atoms with van der Waals surface area (Å²) in [6, 6.07) is 0.454. The van der Waals surface area contributed by atoms with Crippen molar-refractivity contribution in [3.05, 3.63) is 17.5 Å². The van der Waals surface area contributed by atoms with Crippen molar-refractivity contribution in [1.82, 2.24) is 20.3 Å². The van der Waals surface area contributed by atoms with E-state index in [2.05, 4.69) is 26.5 Å². The molecule has 1 fully saturated rings. The standard InChI is InChI=1S/C13H18N4O/c1-8-11-12(17-13(16-8)18-2)10(7-15-11)9-3-5-14-6-4-9/h7,9,14-15H,3-6H2,1-2H3. The lowest BCUT2D eigenvalue weighted by Crippen LogP contribution is -2.26.